The predicted molar refractivity (Wildman–Crippen MR) is 140 cm³/mol. The van der Waals surface area contributed by atoms with Gasteiger partial charge in [-0.25, -0.2) is 26.9 Å². The van der Waals surface area contributed by atoms with E-state index in [1.807, 2.05) is 6.07 Å². The zero-order valence-corrected chi connectivity index (χ0v) is 22.5. The van der Waals surface area contributed by atoms with E-state index in [1.165, 1.54) is 18.2 Å². The summed E-state index contributed by atoms with van der Waals surface area (Å²) in [6.07, 6.45) is 7.94. The largest absolute Gasteiger partial charge is 0.271 e. The minimum Gasteiger partial charge on any atom is -0.271 e. The van der Waals surface area contributed by atoms with Gasteiger partial charge in [0.15, 0.2) is 0 Å². The van der Waals surface area contributed by atoms with Crippen LogP contribution in [0.3, 0.4) is 0 Å². The summed E-state index contributed by atoms with van der Waals surface area (Å²) < 4.78 is 55.8. The molecule has 1 saturated carbocycles. The van der Waals surface area contributed by atoms with Crippen molar-refractivity contribution in [2.75, 3.05) is 12.8 Å². The Kier molecular flexibility index (Phi) is 5.88. The molecule has 0 amide bonds. The summed E-state index contributed by atoms with van der Waals surface area (Å²) >= 11 is 0. The highest BCUT2D eigenvalue weighted by atomic mass is 32.2. The van der Waals surface area contributed by atoms with Crippen LogP contribution in [0, 0.1) is 17.0 Å². The van der Waals surface area contributed by atoms with Crippen LogP contribution in [0.5, 0.6) is 0 Å². The van der Waals surface area contributed by atoms with Crippen LogP contribution >= 0.6 is 0 Å². The fraction of sp³-hybridized carbons (Fsp3) is 0.370. The first kappa shape index (κ1) is 25.6. The first-order chi connectivity index (χ1) is 18.5. The average Bonchev–Trinajstić information content (AvgIpc) is 3.51. The molecule has 2 aliphatic rings. The molecule has 3 aromatic heterocycles. The third-order valence-corrected chi connectivity index (χ3v) is 9.01. The number of hydrogen-bond acceptors (Lipinski definition) is 7. The molecule has 1 N–H and O–H groups in total. The van der Waals surface area contributed by atoms with Crippen molar-refractivity contribution in [2.24, 2.45) is 5.41 Å². The molecule has 0 unspecified atom stereocenters. The maximum Gasteiger partial charge on any atom is 0.208 e. The number of nitrogens with one attached hydrogen (secondary N) is 1. The van der Waals surface area contributed by atoms with Crippen molar-refractivity contribution in [3.05, 3.63) is 77.5 Å². The summed E-state index contributed by atoms with van der Waals surface area (Å²) in [4.78, 5) is 9.49. The Bertz CT molecular complexity index is 1690. The molecule has 1 fully saturated rings. The summed E-state index contributed by atoms with van der Waals surface area (Å²) in [5.41, 5.74) is 2.80. The lowest BCUT2D eigenvalue weighted by molar-refractivity contribution is 0.242. The number of rotatable bonds is 7. The van der Waals surface area contributed by atoms with Crippen LogP contribution in [-0.2, 0) is 22.0 Å². The Balaban J connectivity index is 1.37. The van der Waals surface area contributed by atoms with Gasteiger partial charge in [-0.2, -0.15) is 10.2 Å². The quantitative estimate of drug-likeness (QED) is 0.371. The Morgan fingerprint density at radius 1 is 1.08 bits per heavy atom. The van der Waals surface area contributed by atoms with Gasteiger partial charge in [0.05, 0.1) is 47.1 Å². The Labute approximate surface area is 224 Å². The molecule has 0 spiro atoms. The molecular weight excluding hydrogens is 524 g/mol. The van der Waals surface area contributed by atoms with Gasteiger partial charge in [-0.15, -0.1) is 5.10 Å². The van der Waals surface area contributed by atoms with Gasteiger partial charge in [-0.3, -0.25) is 9.67 Å². The van der Waals surface area contributed by atoms with Gasteiger partial charge < -0.3 is 0 Å². The summed E-state index contributed by atoms with van der Waals surface area (Å²) in [7, 11) is -3.28. The summed E-state index contributed by atoms with van der Waals surface area (Å²) in [6.45, 7) is 4.94. The third-order valence-electron chi connectivity index (χ3n) is 8.28. The molecule has 1 aromatic carbocycles. The van der Waals surface area contributed by atoms with E-state index in [9.17, 15) is 17.2 Å². The van der Waals surface area contributed by atoms with Gasteiger partial charge >= 0.3 is 0 Å². The van der Waals surface area contributed by atoms with E-state index in [0.29, 0.717) is 17.9 Å². The molecule has 4 aromatic rings. The van der Waals surface area contributed by atoms with Crippen LogP contribution < -0.4 is 4.72 Å². The molecular formula is C27H27F2N7O2S. The average molecular weight is 552 g/mol. The molecule has 6 rings (SSSR count). The zero-order chi connectivity index (χ0) is 27.6. The van der Waals surface area contributed by atoms with E-state index in [-0.39, 0.29) is 29.1 Å². The molecule has 9 nitrogen and oxygen atoms in total. The maximum atomic E-state index is 14.5. The molecule has 39 heavy (non-hydrogen) atoms. The molecule has 3 heterocycles. The smallest absolute Gasteiger partial charge is 0.208 e. The first-order valence-electron chi connectivity index (χ1n) is 12.6. The van der Waals surface area contributed by atoms with Crippen molar-refractivity contribution < 1.29 is 17.2 Å². The van der Waals surface area contributed by atoms with Crippen LogP contribution in [0.25, 0.3) is 22.6 Å². The van der Waals surface area contributed by atoms with Crippen molar-refractivity contribution in [1.29, 1.82) is 0 Å². The van der Waals surface area contributed by atoms with Crippen LogP contribution in [0.1, 0.15) is 49.6 Å². The third kappa shape index (κ3) is 4.04. The fourth-order valence-electron chi connectivity index (χ4n) is 6.42. The van der Waals surface area contributed by atoms with Gasteiger partial charge in [0.1, 0.15) is 23.0 Å². The Hall–Kier alpha value is -3.64. The van der Waals surface area contributed by atoms with Gasteiger partial charge in [-0.05, 0) is 54.0 Å². The lowest BCUT2D eigenvalue weighted by Gasteiger charge is -2.37. The summed E-state index contributed by atoms with van der Waals surface area (Å²) in [5, 5.41) is 13.4. The molecule has 0 radical (unpaired) electrons. The van der Waals surface area contributed by atoms with Gasteiger partial charge in [0.2, 0.25) is 10.0 Å². The lowest BCUT2D eigenvalue weighted by Crippen LogP contribution is -2.38. The monoisotopic (exact) mass is 551 g/mol. The van der Waals surface area contributed by atoms with Crippen molar-refractivity contribution in [2.45, 2.75) is 44.6 Å². The van der Waals surface area contributed by atoms with Crippen molar-refractivity contribution >= 4 is 10.0 Å². The highest BCUT2D eigenvalue weighted by Crippen LogP contribution is 2.69. The van der Waals surface area contributed by atoms with Crippen LogP contribution in [0.15, 0.2) is 48.9 Å². The van der Waals surface area contributed by atoms with E-state index in [1.54, 1.807) is 29.3 Å². The van der Waals surface area contributed by atoms with Crippen molar-refractivity contribution in [3.63, 3.8) is 0 Å². The number of halogens is 2. The molecule has 202 valence electrons. The number of fused-ring (bicyclic) bond motifs is 5. The van der Waals surface area contributed by atoms with E-state index in [0.717, 1.165) is 36.0 Å². The highest BCUT2D eigenvalue weighted by molar-refractivity contribution is 7.88. The van der Waals surface area contributed by atoms with Gasteiger partial charge in [0.25, 0.3) is 0 Å². The molecule has 2 atom stereocenters. The van der Waals surface area contributed by atoms with Crippen LogP contribution in [-0.4, -0.2) is 51.2 Å². The molecule has 2 aliphatic carbocycles. The predicted octanol–water partition coefficient (Wildman–Crippen LogP) is 3.83. The zero-order valence-electron chi connectivity index (χ0n) is 21.7. The minimum absolute atomic E-state index is 0.114. The van der Waals surface area contributed by atoms with Crippen molar-refractivity contribution in [1.82, 2.24) is 34.7 Å². The van der Waals surface area contributed by atoms with Gasteiger partial charge in [0, 0.05) is 18.9 Å². The second kappa shape index (κ2) is 8.95. The maximum absolute atomic E-state index is 14.5. The first-order valence-corrected chi connectivity index (χ1v) is 14.5. The number of nitrogens with zero attached hydrogens (tertiary/aromatic N) is 6. The topological polar surface area (TPSA) is 116 Å². The van der Waals surface area contributed by atoms with Gasteiger partial charge in [-0.1, -0.05) is 19.9 Å². The normalized spacial score (nSPS) is 21.3. The van der Waals surface area contributed by atoms with Crippen LogP contribution in [0.4, 0.5) is 8.78 Å². The molecule has 0 aliphatic heterocycles. The molecule has 0 saturated heterocycles. The van der Waals surface area contributed by atoms with E-state index in [2.05, 4.69) is 38.8 Å². The Morgan fingerprint density at radius 3 is 2.59 bits per heavy atom. The number of aromatic nitrogens is 6. The second-order valence-electron chi connectivity index (χ2n) is 10.8. The number of benzene rings is 1. The lowest BCUT2D eigenvalue weighted by atomic mass is 9.66. The van der Waals surface area contributed by atoms with Crippen LogP contribution in [0.2, 0.25) is 0 Å². The minimum atomic E-state index is -3.28. The highest BCUT2D eigenvalue weighted by Gasteiger charge is 2.65. The standard InChI is InChI=1S/C27H27F2N7O2S/c1-26(2)17-7-9-27(26,25-16(17)13-21(33-34-25)24-18(28)5-4-6-19(24)29)23-15-30-14-22(32-23)20-8-11-36(35-20)12-10-31-39(3,37)38/h4-6,8,11,13-15,17,31H,7,9-10,12H2,1-3H3/t17-,27-/m0/s1. The van der Waals surface area contributed by atoms with Crippen molar-refractivity contribution in [3.8, 4) is 22.6 Å². The van der Waals surface area contributed by atoms with E-state index in [4.69, 9.17) is 4.98 Å². The van der Waals surface area contributed by atoms with E-state index >= 15 is 0 Å². The summed E-state index contributed by atoms with van der Waals surface area (Å²) in [6, 6.07) is 7.36. The SMILES string of the molecule is CC1(C)[C@H]2CC[C@]1(c1cncc(-c3ccn(CCNS(C)(=O)=O)n3)n1)c1nnc(-c3c(F)cccc3F)cc12. The van der Waals surface area contributed by atoms with E-state index < -0.39 is 27.1 Å². The molecule has 2 bridgehead atoms. The second-order valence-corrected chi connectivity index (χ2v) is 12.6. The number of sulfonamides is 1. The molecule has 12 heteroatoms. The number of hydrogen-bond donors (Lipinski definition) is 1. The fourth-order valence-corrected chi connectivity index (χ4v) is 6.88. The Morgan fingerprint density at radius 2 is 1.85 bits per heavy atom. The summed E-state index contributed by atoms with van der Waals surface area (Å²) in [5.74, 6) is -1.23.